The standard InChI is InChI=1S/C17H19N3O4S/c18-12-6-8-25-15(12)17(22)20-13-9-23-7-5-14(13)24-11-3-1-10(2-4-11)16(19)21/h1-4,6,8,13-14H,5,7,9,18H2,(H2,19,21)(H,20,22)/t13-,14-/m1/s1. The van der Waals surface area contributed by atoms with Crippen LogP contribution in [-0.4, -0.2) is 37.2 Å². The summed E-state index contributed by atoms with van der Waals surface area (Å²) in [5.74, 6) is -0.122. The second-order valence-corrected chi connectivity index (χ2v) is 6.61. The highest BCUT2D eigenvalue weighted by molar-refractivity contribution is 7.12. The van der Waals surface area contributed by atoms with Gasteiger partial charge < -0.3 is 26.3 Å². The number of rotatable bonds is 5. The Morgan fingerprint density at radius 2 is 2.00 bits per heavy atom. The second-order valence-electron chi connectivity index (χ2n) is 5.69. The molecule has 8 heteroatoms. The van der Waals surface area contributed by atoms with E-state index in [-0.39, 0.29) is 18.1 Å². The lowest BCUT2D eigenvalue weighted by molar-refractivity contribution is -0.00282. The summed E-state index contributed by atoms with van der Waals surface area (Å²) in [5, 5.41) is 4.70. The maximum Gasteiger partial charge on any atom is 0.263 e. The molecule has 2 aromatic rings. The first-order valence-corrected chi connectivity index (χ1v) is 8.70. The first-order chi connectivity index (χ1) is 12.0. The van der Waals surface area contributed by atoms with Crippen molar-refractivity contribution < 1.29 is 19.1 Å². The molecule has 3 rings (SSSR count). The molecule has 2 atom stereocenters. The molecule has 0 unspecified atom stereocenters. The largest absolute Gasteiger partial charge is 0.488 e. The minimum Gasteiger partial charge on any atom is -0.488 e. The molecule has 7 nitrogen and oxygen atoms in total. The van der Waals surface area contributed by atoms with E-state index in [0.717, 1.165) is 0 Å². The highest BCUT2D eigenvalue weighted by atomic mass is 32.1. The van der Waals surface area contributed by atoms with Gasteiger partial charge in [0.2, 0.25) is 5.91 Å². The second kappa shape index (κ2) is 7.54. The number of nitrogens with two attached hydrogens (primary N) is 2. The van der Waals surface area contributed by atoms with Crippen LogP contribution in [0.4, 0.5) is 5.69 Å². The zero-order valence-corrected chi connectivity index (χ0v) is 14.3. The van der Waals surface area contributed by atoms with Crippen LogP contribution < -0.4 is 21.5 Å². The highest BCUT2D eigenvalue weighted by Crippen LogP contribution is 2.22. The normalized spacial score (nSPS) is 20.0. The Bertz CT molecular complexity index is 760. The summed E-state index contributed by atoms with van der Waals surface area (Å²) in [6.45, 7) is 0.915. The third kappa shape index (κ3) is 4.09. The minimum absolute atomic E-state index is 0.235. The number of amides is 2. The molecule has 1 aromatic carbocycles. The van der Waals surface area contributed by atoms with Crippen LogP contribution >= 0.6 is 11.3 Å². The number of nitrogens with one attached hydrogen (secondary N) is 1. The van der Waals surface area contributed by atoms with Crippen molar-refractivity contribution >= 4 is 28.8 Å². The van der Waals surface area contributed by atoms with E-state index in [0.29, 0.717) is 41.5 Å². The lowest BCUT2D eigenvalue weighted by Crippen LogP contribution is -2.51. The molecule has 1 aliphatic rings. The van der Waals surface area contributed by atoms with Crippen molar-refractivity contribution in [1.29, 1.82) is 0 Å². The van der Waals surface area contributed by atoms with E-state index < -0.39 is 5.91 Å². The van der Waals surface area contributed by atoms with Crippen molar-refractivity contribution in [2.75, 3.05) is 18.9 Å². The third-order valence-electron chi connectivity index (χ3n) is 3.94. The predicted molar refractivity (Wildman–Crippen MR) is 94.8 cm³/mol. The van der Waals surface area contributed by atoms with Crippen LogP contribution in [-0.2, 0) is 4.74 Å². The molecule has 0 radical (unpaired) electrons. The summed E-state index contributed by atoms with van der Waals surface area (Å²) in [5.41, 5.74) is 11.9. The zero-order chi connectivity index (χ0) is 17.8. The van der Waals surface area contributed by atoms with Gasteiger partial charge in [0.05, 0.1) is 24.9 Å². The molecule has 25 heavy (non-hydrogen) atoms. The number of carbonyl (C=O) groups is 2. The molecule has 0 bridgehead atoms. The number of anilines is 1. The fourth-order valence-electron chi connectivity index (χ4n) is 2.60. The van der Waals surface area contributed by atoms with E-state index in [2.05, 4.69) is 5.32 Å². The lowest BCUT2D eigenvalue weighted by Gasteiger charge is -2.32. The van der Waals surface area contributed by atoms with E-state index >= 15 is 0 Å². The zero-order valence-electron chi connectivity index (χ0n) is 13.4. The molecule has 2 heterocycles. The number of hydrogen-bond donors (Lipinski definition) is 3. The number of ether oxygens (including phenoxy) is 2. The van der Waals surface area contributed by atoms with Gasteiger partial charge in [-0.2, -0.15) is 0 Å². The number of carbonyl (C=O) groups excluding carboxylic acids is 2. The molecule has 0 spiro atoms. The van der Waals surface area contributed by atoms with E-state index in [4.69, 9.17) is 20.9 Å². The number of primary amides is 1. The Labute approximate surface area is 148 Å². The average Bonchev–Trinajstić information content (AvgIpc) is 3.03. The molecule has 5 N–H and O–H groups in total. The molecule has 1 saturated heterocycles. The number of benzene rings is 1. The Kier molecular flexibility index (Phi) is 5.20. The Balaban J connectivity index is 1.67. The van der Waals surface area contributed by atoms with Crippen molar-refractivity contribution in [1.82, 2.24) is 5.32 Å². The van der Waals surface area contributed by atoms with E-state index in [1.807, 2.05) is 0 Å². The van der Waals surface area contributed by atoms with Gasteiger partial charge in [-0.15, -0.1) is 11.3 Å². The van der Waals surface area contributed by atoms with Crippen molar-refractivity contribution in [2.45, 2.75) is 18.6 Å². The number of hydrogen-bond acceptors (Lipinski definition) is 6. The quantitative estimate of drug-likeness (QED) is 0.744. The molecule has 0 saturated carbocycles. The summed E-state index contributed by atoms with van der Waals surface area (Å²) >= 11 is 1.29. The molecule has 132 valence electrons. The molecule has 1 fully saturated rings. The maximum atomic E-state index is 12.4. The van der Waals surface area contributed by atoms with Crippen LogP contribution in [0.1, 0.15) is 26.5 Å². The summed E-state index contributed by atoms with van der Waals surface area (Å²) in [4.78, 5) is 24.0. The Morgan fingerprint density at radius 3 is 2.64 bits per heavy atom. The number of thiophene rings is 1. The Morgan fingerprint density at radius 1 is 1.24 bits per heavy atom. The smallest absolute Gasteiger partial charge is 0.263 e. The summed E-state index contributed by atoms with van der Waals surface area (Å²) in [6.07, 6.45) is 0.404. The fraction of sp³-hybridized carbons (Fsp3) is 0.294. The minimum atomic E-state index is -0.490. The molecule has 0 aliphatic carbocycles. The van der Waals surface area contributed by atoms with Crippen LogP contribution in [0.3, 0.4) is 0 Å². The molecule has 2 amide bonds. The first-order valence-electron chi connectivity index (χ1n) is 7.82. The fourth-order valence-corrected chi connectivity index (χ4v) is 3.32. The summed E-state index contributed by atoms with van der Waals surface area (Å²) in [6, 6.07) is 8.00. The van der Waals surface area contributed by atoms with Gasteiger partial charge in [-0.25, -0.2) is 0 Å². The van der Waals surface area contributed by atoms with Crippen LogP contribution in [0.5, 0.6) is 5.75 Å². The molecular formula is C17H19N3O4S. The average molecular weight is 361 g/mol. The van der Waals surface area contributed by atoms with E-state index in [1.54, 1.807) is 35.7 Å². The first kappa shape index (κ1) is 17.2. The van der Waals surface area contributed by atoms with Crippen LogP contribution in [0.2, 0.25) is 0 Å². The van der Waals surface area contributed by atoms with Gasteiger partial charge in [0.25, 0.3) is 5.91 Å². The number of nitrogen functional groups attached to an aromatic ring is 1. The molecular weight excluding hydrogens is 342 g/mol. The predicted octanol–water partition coefficient (Wildman–Crippen LogP) is 1.40. The van der Waals surface area contributed by atoms with Crippen LogP contribution in [0.25, 0.3) is 0 Å². The van der Waals surface area contributed by atoms with Gasteiger partial charge in [-0.1, -0.05) is 0 Å². The topological polar surface area (TPSA) is 117 Å². The molecule has 1 aromatic heterocycles. The van der Waals surface area contributed by atoms with Crippen molar-refractivity contribution in [2.24, 2.45) is 5.73 Å². The van der Waals surface area contributed by atoms with Gasteiger partial charge >= 0.3 is 0 Å². The summed E-state index contributed by atoms with van der Waals surface area (Å²) in [7, 11) is 0. The van der Waals surface area contributed by atoms with Gasteiger partial charge in [0.1, 0.15) is 16.7 Å². The SMILES string of the molecule is NC(=O)c1ccc(O[C@@H]2CCOC[C@H]2NC(=O)c2sccc2N)cc1. The van der Waals surface area contributed by atoms with Crippen LogP contribution in [0, 0.1) is 0 Å². The third-order valence-corrected chi connectivity index (χ3v) is 4.87. The van der Waals surface area contributed by atoms with Crippen molar-refractivity contribution in [3.63, 3.8) is 0 Å². The van der Waals surface area contributed by atoms with Gasteiger partial charge in [0, 0.05) is 12.0 Å². The van der Waals surface area contributed by atoms with Gasteiger partial charge in [-0.05, 0) is 35.7 Å². The van der Waals surface area contributed by atoms with Gasteiger partial charge in [0.15, 0.2) is 0 Å². The van der Waals surface area contributed by atoms with E-state index in [9.17, 15) is 9.59 Å². The highest BCUT2D eigenvalue weighted by Gasteiger charge is 2.30. The molecule has 1 aliphatic heterocycles. The maximum absolute atomic E-state index is 12.4. The van der Waals surface area contributed by atoms with Crippen LogP contribution in [0.15, 0.2) is 35.7 Å². The summed E-state index contributed by atoms with van der Waals surface area (Å²) < 4.78 is 11.4. The lowest BCUT2D eigenvalue weighted by atomic mass is 10.1. The monoisotopic (exact) mass is 361 g/mol. The van der Waals surface area contributed by atoms with E-state index in [1.165, 1.54) is 11.3 Å². The van der Waals surface area contributed by atoms with Crippen molar-refractivity contribution in [3.8, 4) is 5.75 Å². The Hall–Kier alpha value is -2.58. The van der Waals surface area contributed by atoms with Crippen molar-refractivity contribution in [3.05, 3.63) is 46.2 Å². The van der Waals surface area contributed by atoms with Gasteiger partial charge in [-0.3, -0.25) is 9.59 Å².